The third-order valence-electron chi connectivity index (χ3n) is 7.18. The second kappa shape index (κ2) is 9.06. The Kier molecular flexibility index (Phi) is 5.68. The molecule has 4 aromatic carbocycles. The second-order valence-corrected chi connectivity index (χ2v) is 9.79. The van der Waals surface area contributed by atoms with Gasteiger partial charge in [0.1, 0.15) is 11.5 Å². The largest absolute Gasteiger partial charge is 0.497 e. The number of hydrogen-bond donors (Lipinski definition) is 0. The van der Waals surface area contributed by atoms with Crippen LogP contribution >= 0.6 is 0 Å². The van der Waals surface area contributed by atoms with Gasteiger partial charge in [-0.2, -0.15) is 0 Å². The van der Waals surface area contributed by atoms with Crippen molar-refractivity contribution < 1.29 is 13.9 Å². The van der Waals surface area contributed by atoms with Crippen LogP contribution in [0.15, 0.2) is 71.1 Å². The quantitative estimate of drug-likeness (QED) is 0.241. The Labute approximate surface area is 221 Å². The smallest absolute Gasteiger partial charge is 0.248 e. The maximum Gasteiger partial charge on any atom is 0.248 e. The molecule has 6 nitrogen and oxygen atoms in total. The van der Waals surface area contributed by atoms with Gasteiger partial charge in [0.15, 0.2) is 0 Å². The Hall–Kier alpha value is -4.58. The summed E-state index contributed by atoms with van der Waals surface area (Å²) in [6.45, 7) is 8.35. The molecule has 0 spiro atoms. The standard InChI is InChI=1S/C32H29N3O3/c1-18-13-20(3)30(21(4)14-18)32-34-33-31(38-32)22-7-12-27(19(2)15-22)35-28-16-23(36-5)8-10-25(28)26-11-9-24(37-6)17-29(26)35/h7-17H,1-6H3. The predicted octanol–water partition coefficient (Wildman–Crippen LogP) is 7.75. The first-order chi connectivity index (χ1) is 18.4. The second-order valence-electron chi connectivity index (χ2n) is 9.79. The summed E-state index contributed by atoms with van der Waals surface area (Å²) in [5.41, 5.74) is 9.61. The third-order valence-corrected chi connectivity index (χ3v) is 7.18. The monoisotopic (exact) mass is 503 g/mol. The van der Waals surface area contributed by atoms with Crippen molar-refractivity contribution in [3.63, 3.8) is 0 Å². The van der Waals surface area contributed by atoms with Gasteiger partial charge in [0, 0.05) is 39.7 Å². The predicted molar refractivity (Wildman–Crippen MR) is 152 cm³/mol. The molecule has 2 heterocycles. The lowest BCUT2D eigenvalue weighted by Gasteiger charge is -2.13. The summed E-state index contributed by atoms with van der Waals surface area (Å²) in [5, 5.41) is 11.1. The lowest BCUT2D eigenvalue weighted by atomic mass is 10.00. The molecule has 0 atom stereocenters. The fraction of sp³-hybridized carbons (Fsp3) is 0.188. The lowest BCUT2D eigenvalue weighted by Crippen LogP contribution is -1.98. The molecule has 0 aliphatic rings. The summed E-state index contributed by atoms with van der Waals surface area (Å²) in [6, 6.07) is 22.9. The van der Waals surface area contributed by atoms with E-state index in [0.717, 1.165) is 66.8 Å². The molecule has 6 heteroatoms. The summed E-state index contributed by atoms with van der Waals surface area (Å²) >= 11 is 0. The molecule has 0 fully saturated rings. The topological polar surface area (TPSA) is 62.3 Å². The first-order valence-corrected chi connectivity index (χ1v) is 12.6. The van der Waals surface area contributed by atoms with Gasteiger partial charge in [0.25, 0.3) is 0 Å². The van der Waals surface area contributed by atoms with Crippen molar-refractivity contribution in [3.8, 4) is 40.1 Å². The number of methoxy groups -OCH3 is 2. The molecule has 6 rings (SSSR count). The first kappa shape index (κ1) is 23.8. The van der Waals surface area contributed by atoms with Crippen LogP contribution in [0.4, 0.5) is 0 Å². The van der Waals surface area contributed by atoms with Crippen molar-refractivity contribution in [1.29, 1.82) is 0 Å². The number of fused-ring (bicyclic) bond motifs is 3. The van der Waals surface area contributed by atoms with E-state index in [-0.39, 0.29) is 0 Å². The van der Waals surface area contributed by atoms with Gasteiger partial charge in [-0.1, -0.05) is 17.7 Å². The zero-order chi connectivity index (χ0) is 26.6. The maximum absolute atomic E-state index is 6.18. The van der Waals surface area contributed by atoms with Gasteiger partial charge in [0.05, 0.1) is 25.3 Å². The van der Waals surface area contributed by atoms with E-state index in [1.54, 1.807) is 14.2 Å². The summed E-state index contributed by atoms with van der Waals surface area (Å²) in [7, 11) is 3.38. The molecule has 0 saturated carbocycles. The summed E-state index contributed by atoms with van der Waals surface area (Å²) in [4.78, 5) is 0. The number of benzene rings is 4. The highest BCUT2D eigenvalue weighted by Crippen LogP contribution is 2.38. The van der Waals surface area contributed by atoms with Crippen molar-refractivity contribution in [2.24, 2.45) is 0 Å². The Morgan fingerprint density at radius 1 is 0.632 bits per heavy atom. The highest BCUT2D eigenvalue weighted by atomic mass is 16.5. The molecule has 0 aliphatic heterocycles. The van der Waals surface area contributed by atoms with Crippen molar-refractivity contribution >= 4 is 21.8 Å². The minimum Gasteiger partial charge on any atom is -0.497 e. The number of ether oxygens (including phenoxy) is 2. The zero-order valence-electron chi connectivity index (χ0n) is 22.4. The average molecular weight is 504 g/mol. The molecule has 0 unspecified atom stereocenters. The molecular weight excluding hydrogens is 474 g/mol. The van der Waals surface area contributed by atoms with E-state index in [9.17, 15) is 0 Å². The minimum absolute atomic E-state index is 0.500. The maximum atomic E-state index is 6.18. The van der Waals surface area contributed by atoms with Gasteiger partial charge >= 0.3 is 0 Å². The molecule has 38 heavy (non-hydrogen) atoms. The van der Waals surface area contributed by atoms with E-state index in [0.29, 0.717) is 11.8 Å². The Morgan fingerprint density at radius 3 is 1.76 bits per heavy atom. The van der Waals surface area contributed by atoms with Crippen molar-refractivity contribution in [3.05, 3.63) is 89.0 Å². The van der Waals surface area contributed by atoms with E-state index >= 15 is 0 Å². The summed E-state index contributed by atoms with van der Waals surface area (Å²) in [6.07, 6.45) is 0. The van der Waals surface area contributed by atoms with Gasteiger partial charge in [0.2, 0.25) is 11.8 Å². The van der Waals surface area contributed by atoms with E-state index in [2.05, 4.69) is 91.0 Å². The van der Waals surface area contributed by atoms with Crippen LogP contribution in [0.1, 0.15) is 22.3 Å². The minimum atomic E-state index is 0.500. The van der Waals surface area contributed by atoms with Crippen LogP contribution in [0.25, 0.3) is 50.4 Å². The highest BCUT2D eigenvalue weighted by Gasteiger charge is 2.18. The van der Waals surface area contributed by atoms with Crippen LogP contribution in [-0.2, 0) is 0 Å². The van der Waals surface area contributed by atoms with Crippen LogP contribution in [0.2, 0.25) is 0 Å². The summed E-state index contributed by atoms with van der Waals surface area (Å²) < 4.78 is 19.6. The van der Waals surface area contributed by atoms with Crippen LogP contribution in [0.3, 0.4) is 0 Å². The Balaban J connectivity index is 1.48. The third kappa shape index (κ3) is 3.80. The normalized spacial score (nSPS) is 11.4. The van der Waals surface area contributed by atoms with Gasteiger partial charge in [-0.15, -0.1) is 10.2 Å². The first-order valence-electron chi connectivity index (χ1n) is 12.6. The molecule has 6 aromatic rings. The SMILES string of the molecule is COc1ccc2c3ccc(OC)cc3n(-c3ccc(-c4nnc(-c5c(C)cc(C)cc5C)o4)cc3C)c2c1. The molecule has 2 aromatic heterocycles. The zero-order valence-corrected chi connectivity index (χ0v) is 22.4. The summed E-state index contributed by atoms with van der Waals surface area (Å²) in [5.74, 6) is 2.66. The van der Waals surface area contributed by atoms with Crippen LogP contribution in [0.5, 0.6) is 11.5 Å². The van der Waals surface area contributed by atoms with Gasteiger partial charge < -0.3 is 18.5 Å². The van der Waals surface area contributed by atoms with E-state index in [1.807, 2.05) is 18.2 Å². The number of aromatic nitrogens is 3. The lowest BCUT2D eigenvalue weighted by molar-refractivity contribution is 0.415. The van der Waals surface area contributed by atoms with Crippen LogP contribution < -0.4 is 9.47 Å². The van der Waals surface area contributed by atoms with Crippen molar-refractivity contribution in [1.82, 2.24) is 14.8 Å². The van der Waals surface area contributed by atoms with Gasteiger partial charge in [-0.3, -0.25) is 0 Å². The molecule has 0 amide bonds. The molecule has 190 valence electrons. The van der Waals surface area contributed by atoms with Crippen LogP contribution in [0, 0.1) is 27.7 Å². The van der Waals surface area contributed by atoms with E-state index in [4.69, 9.17) is 13.9 Å². The van der Waals surface area contributed by atoms with Gasteiger partial charge in [-0.25, -0.2) is 0 Å². The Morgan fingerprint density at radius 2 is 1.21 bits per heavy atom. The fourth-order valence-electron chi connectivity index (χ4n) is 5.49. The molecule has 0 N–H and O–H groups in total. The fourth-order valence-corrected chi connectivity index (χ4v) is 5.49. The van der Waals surface area contributed by atoms with E-state index < -0.39 is 0 Å². The molecule has 0 aliphatic carbocycles. The molecular formula is C32H29N3O3. The van der Waals surface area contributed by atoms with Crippen molar-refractivity contribution in [2.75, 3.05) is 14.2 Å². The Bertz CT molecular complexity index is 1760. The van der Waals surface area contributed by atoms with Crippen molar-refractivity contribution in [2.45, 2.75) is 27.7 Å². The average Bonchev–Trinajstić information content (AvgIpc) is 3.50. The molecule has 0 saturated heterocycles. The number of rotatable bonds is 5. The molecule has 0 bridgehead atoms. The van der Waals surface area contributed by atoms with Gasteiger partial charge in [-0.05, 0) is 86.8 Å². The number of aryl methyl sites for hydroxylation is 4. The number of hydrogen-bond acceptors (Lipinski definition) is 5. The molecule has 0 radical (unpaired) electrons. The van der Waals surface area contributed by atoms with Crippen LogP contribution in [-0.4, -0.2) is 29.0 Å². The highest BCUT2D eigenvalue weighted by molar-refractivity contribution is 6.10. The van der Waals surface area contributed by atoms with E-state index in [1.165, 1.54) is 5.56 Å². The number of nitrogens with zero attached hydrogens (tertiary/aromatic N) is 3.